The molecule has 220 valence electrons. The van der Waals surface area contributed by atoms with Crippen molar-refractivity contribution >= 4 is 27.0 Å². The molecule has 5 rings (SSSR count). The standard InChI is InChI=1S/C27H32FN5O7S/c1-39-12-7-29-26(35)21-24(34)22-23-25(18(14-30-22)13-17-3-5-19(28)6-4-17)40-20(16-33(23)27(21)36)15-31-8-10-32(11-9-31)41(2,37)38/h3-6,14,20,34H,7-13,15-16H2,1-2H3,(H,29,35)/t20-/m0/s1. The minimum atomic E-state index is -3.29. The van der Waals surface area contributed by atoms with Crippen LogP contribution in [-0.2, 0) is 27.7 Å². The Morgan fingerprint density at radius 2 is 1.93 bits per heavy atom. The summed E-state index contributed by atoms with van der Waals surface area (Å²) in [4.78, 5) is 33.1. The molecule has 0 spiro atoms. The second kappa shape index (κ2) is 11.7. The molecular weight excluding hydrogens is 557 g/mol. The smallest absolute Gasteiger partial charge is 0.268 e. The molecule has 0 unspecified atom stereocenters. The fraction of sp³-hybridized carbons (Fsp3) is 0.444. The number of aromatic nitrogens is 2. The average molecular weight is 590 g/mol. The molecule has 1 fully saturated rings. The summed E-state index contributed by atoms with van der Waals surface area (Å²) in [5, 5.41) is 13.6. The lowest BCUT2D eigenvalue weighted by atomic mass is 10.0. The van der Waals surface area contributed by atoms with Crippen LogP contribution < -0.4 is 15.6 Å². The first-order valence-electron chi connectivity index (χ1n) is 13.2. The van der Waals surface area contributed by atoms with E-state index in [9.17, 15) is 27.5 Å². The van der Waals surface area contributed by atoms with Crippen molar-refractivity contribution in [3.8, 4) is 11.5 Å². The summed E-state index contributed by atoms with van der Waals surface area (Å²) in [6, 6.07) is 5.99. The Balaban J connectivity index is 1.52. The zero-order valence-electron chi connectivity index (χ0n) is 22.8. The number of sulfonamides is 1. The molecule has 1 saturated heterocycles. The second-order valence-electron chi connectivity index (χ2n) is 10.2. The molecule has 41 heavy (non-hydrogen) atoms. The highest BCUT2D eigenvalue weighted by atomic mass is 32.2. The van der Waals surface area contributed by atoms with Gasteiger partial charge in [0.25, 0.3) is 11.5 Å². The predicted octanol–water partition coefficient (Wildman–Crippen LogP) is 0.546. The van der Waals surface area contributed by atoms with Crippen LogP contribution in [0.1, 0.15) is 21.5 Å². The van der Waals surface area contributed by atoms with Gasteiger partial charge in [-0.2, -0.15) is 4.31 Å². The van der Waals surface area contributed by atoms with Gasteiger partial charge in [0.1, 0.15) is 28.5 Å². The van der Waals surface area contributed by atoms with Gasteiger partial charge in [0.2, 0.25) is 10.0 Å². The van der Waals surface area contributed by atoms with Crippen LogP contribution in [0.25, 0.3) is 11.0 Å². The Hall–Kier alpha value is -3.59. The van der Waals surface area contributed by atoms with Crippen molar-refractivity contribution in [2.75, 3.05) is 59.2 Å². The molecular formula is C27H32FN5O7S. The Kier molecular flexibility index (Phi) is 8.27. The third kappa shape index (κ3) is 6.05. The number of hydrogen-bond donors (Lipinski definition) is 2. The zero-order valence-corrected chi connectivity index (χ0v) is 23.6. The molecule has 1 aromatic carbocycles. The molecule has 0 radical (unpaired) electrons. The molecule has 2 aliphatic rings. The van der Waals surface area contributed by atoms with Crippen LogP contribution in [-0.4, -0.2) is 104 Å². The number of ether oxygens (including phenoxy) is 2. The van der Waals surface area contributed by atoms with Crippen molar-refractivity contribution in [3.05, 3.63) is 63.3 Å². The van der Waals surface area contributed by atoms with Crippen LogP contribution in [0.5, 0.6) is 11.5 Å². The number of carbonyl (C=O) groups excluding carboxylic acids is 1. The number of benzene rings is 1. The summed E-state index contributed by atoms with van der Waals surface area (Å²) in [6.07, 6.45) is 2.52. The third-order valence-corrected chi connectivity index (χ3v) is 8.63. The van der Waals surface area contributed by atoms with Gasteiger partial charge in [-0.15, -0.1) is 0 Å². The minimum absolute atomic E-state index is 0.0552. The second-order valence-corrected chi connectivity index (χ2v) is 12.2. The maximum Gasteiger partial charge on any atom is 0.268 e. The van der Waals surface area contributed by atoms with Crippen molar-refractivity contribution in [1.29, 1.82) is 0 Å². The molecule has 12 nitrogen and oxygen atoms in total. The van der Waals surface area contributed by atoms with E-state index in [-0.39, 0.29) is 36.5 Å². The maximum atomic E-state index is 13.7. The number of nitrogens with one attached hydrogen (secondary N) is 1. The van der Waals surface area contributed by atoms with E-state index in [1.807, 2.05) is 0 Å². The molecule has 4 heterocycles. The normalized spacial score (nSPS) is 17.9. The molecule has 0 aliphatic carbocycles. The highest BCUT2D eigenvalue weighted by Gasteiger charge is 2.33. The summed E-state index contributed by atoms with van der Waals surface area (Å²) in [6.45, 7) is 2.54. The molecule has 14 heteroatoms. The first-order chi connectivity index (χ1) is 19.6. The van der Waals surface area contributed by atoms with Gasteiger partial charge in [-0.05, 0) is 17.7 Å². The Morgan fingerprint density at radius 1 is 1.22 bits per heavy atom. The molecule has 1 atom stereocenters. The average Bonchev–Trinajstić information content (AvgIpc) is 2.93. The van der Waals surface area contributed by atoms with Gasteiger partial charge >= 0.3 is 0 Å². The number of amides is 1. The van der Waals surface area contributed by atoms with Crippen LogP contribution >= 0.6 is 0 Å². The fourth-order valence-corrected chi connectivity index (χ4v) is 6.08. The van der Waals surface area contributed by atoms with Crippen molar-refractivity contribution in [2.45, 2.75) is 19.1 Å². The Labute approximate surface area is 236 Å². The third-order valence-electron chi connectivity index (χ3n) is 7.33. The van der Waals surface area contributed by atoms with Crippen molar-refractivity contribution in [3.63, 3.8) is 0 Å². The van der Waals surface area contributed by atoms with Crippen LogP contribution in [0.3, 0.4) is 0 Å². The highest BCUT2D eigenvalue weighted by Crippen LogP contribution is 2.37. The number of pyridine rings is 2. The van der Waals surface area contributed by atoms with E-state index in [1.54, 1.807) is 12.1 Å². The number of carbonyl (C=O) groups is 1. The molecule has 2 N–H and O–H groups in total. The maximum absolute atomic E-state index is 13.7. The van der Waals surface area contributed by atoms with E-state index in [1.165, 1.54) is 40.6 Å². The largest absolute Gasteiger partial charge is 0.505 e. The topological polar surface area (TPSA) is 143 Å². The lowest BCUT2D eigenvalue weighted by Crippen LogP contribution is -2.52. The summed E-state index contributed by atoms with van der Waals surface area (Å²) < 4.78 is 51.6. The summed E-state index contributed by atoms with van der Waals surface area (Å²) in [7, 11) is -1.81. The summed E-state index contributed by atoms with van der Waals surface area (Å²) in [5.41, 5.74) is 0.653. The first-order valence-corrected chi connectivity index (χ1v) is 15.0. The lowest BCUT2D eigenvalue weighted by molar-refractivity contribution is 0.0889. The number of piperazine rings is 1. The van der Waals surface area contributed by atoms with Crippen LogP contribution in [0.4, 0.5) is 4.39 Å². The van der Waals surface area contributed by atoms with Crippen LogP contribution in [0, 0.1) is 5.82 Å². The summed E-state index contributed by atoms with van der Waals surface area (Å²) >= 11 is 0. The van der Waals surface area contributed by atoms with Crippen molar-refractivity contribution in [1.82, 2.24) is 24.1 Å². The monoisotopic (exact) mass is 589 g/mol. The lowest BCUT2D eigenvalue weighted by Gasteiger charge is -2.37. The number of hydrogen-bond acceptors (Lipinski definition) is 9. The van der Waals surface area contributed by atoms with Gasteiger partial charge in [0.15, 0.2) is 11.5 Å². The van der Waals surface area contributed by atoms with E-state index in [0.29, 0.717) is 50.5 Å². The minimum Gasteiger partial charge on any atom is -0.505 e. The van der Waals surface area contributed by atoms with Crippen LogP contribution in [0.2, 0.25) is 0 Å². The first kappa shape index (κ1) is 28.9. The van der Waals surface area contributed by atoms with Gasteiger partial charge in [-0.3, -0.25) is 24.0 Å². The Bertz CT molecular complexity index is 1620. The van der Waals surface area contributed by atoms with Gasteiger partial charge in [-0.25, -0.2) is 12.8 Å². The van der Waals surface area contributed by atoms with E-state index in [4.69, 9.17) is 9.47 Å². The molecule has 2 aromatic heterocycles. The van der Waals surface area contributed by atoms with E-state index in [0.717, 1.165) is 5.56 Å². The summed E-state index contributed by atoms with van der Waals surface area (Å²) in [5.74, 6) is -1.29. The fourth-order valence-electron chi connectivity index (χ4n) is 5.25. The highest BCUT2D eigenvalue weighted by molar-refractivity contribution is 7.88. The van der Waals surface area contributed by atoms with Crippen LogP contribution in [0.15, 0.2) is 35.3 Å². The van der Waals surface area contributed by atoms with E-state index in [2.05, 4.69) is 15.2 Å². The predicted molar refractivity (Wildman–Crippen MR) is 148 cm³/mol. The molecule has 0 saturated carbocycles. The number of rotatable bonds is 9. The molecule has 3 aromatic rings. The molecule has 1 amide bonds. The van der Waals surface area contributed by atoms with Crippen molar-refractivity contribution in [2.24, 2.45) is 0 Å². The number of nitrogens with zero attached hydrogens (tertiary/aromatic N) is 4. The number of methoxy groups -OCH3 is 1. The van der Waals surface area contributed by atoms with Gasteiger partial charge in [0.05, 0.1) is 19.4 Å². The zero-order chi connectivity index (χ0) is 29.3. The van der Waals surface area contributed by atoms with Gasteiger partial charge in [0, 0.05) is 64.6 Å². The number of halogens is 1. The molecule has 0 bridgehead atoms. The Morgan fingerprint density at radius 3 is 2.59 bits per heavy atom. The van der Waals surface area contributed by atoms with E-state index < -0.39 is 38.9 Å². The number of aromatic hydroxyl groups is 1. The van der Waals surface area contributed by atoms with Gasteiger partial charge in [-0.1, -0.05) is 12.1 Å². The SMILES string of the molecule is COCCNC(=O)c1c(O)c2ncc(Cc3ccc(F)cc3)c3c2n(c1=O)C[C@H](CN1CCN(S(C)(=O)=O)CC1)O3. The van der Waals surface area contributed by atoms with Crippen molar-refractivity contribution < 1.29 is 32.2 Å². The van der Waals surface area contributed by atoms with Gasteiger partial charge < -0.3 is 19.9 Å². The quantitative estimate of drug-likeness (QED) is 0.342. The molecule has 2 aliphatic heterocycles. The van der Waals surface area contributed by atoms with E-state index >= 15 is 0 Å².